The SMILES string of the molecule is CCCCCC1CCC(C(=O)OCOCC(F)C(C)F)CC1. The summed E-state index contributed by atoms with van der Waals surface area (Å²) >= 11 is 0. The molecule has 1 saturated carbocycles. The molecule has 1 fully saturated rings. The molecule has 0 aromatic carbocycles. The van der Waals surface area contributed by atoms with Gasteiger partial charge in [-0.1, -0.05) is 32.6 Å². The van der Waals surface area contributed by atoms with Gasteiger partial charge in [-0.05, 0) is 38.5 Å². The van der Waals surface area contributed by atoms with Crippen LogP contribution in [-0.2, 0) is 14.3 Å². The molecule has 1 rings (SSSR count). The van der Waals surface area contributed by atoms with Crippen molar-refractivity contribution in [1.82, 2.24) is 0 Å². The smallest absolute Gasteiger partial charge is 0.311 e. The van der Waals surface area contributed by atoms with E-state index in [1.54, 1.807) is 0 Å². The molecular formula is C17H30F2O3. The van der Waals surface area contributed by atoms with Crippen LogP contribution in [0.25, 0.3) is 0 Å². The Bertz CT molecular complexity index is 302. The zero-order chi connectivity index (χ0) is 16.4. The maximum absolute atomic E-state index is 12.9. The number of unbranched alkanes of at least 4 members (excludes halogenated alkanes) is 2. The van der Waals surface area contributed by atoms with Crippen molar-refractivity contribution in [1.29, 1.82) is 0 Å². The molecule has 0 spiro atoms. The Morgan fingerprint density at radius 1 is 1.18 bits per heavy atom. The van der Waals surface area contributed by atoms with Gasteiger partial charge >= 0.3 is 5.97 Å². The normalized spacial score (nSPS) is 24.7. The fraction of sp³-hybridized carbons (Fsp3) is 0.941. The number of carbonyl (C=O) groups excluding carboxylic acids is 1. The topological polar surface area (TPSA) is 35.5 Å². The third-order valence-electron chi connectivity index (χ3n) is 4.46. The largest absolute Gasteiger partial charge is 0.438 e. The summed E-state index contributed by atoms with van der Waals surface area (Å²) < 4.78 is 35.3. The maximum atomic E-state index is 12.9. The van der Waals surface area contributed by atoms with Crippen LogP contribution < -0.4 is 0 Å². The summed E-state index contributed by atoms with van der Waals surface area (Å²) in [6, 6.07) is 0. The van der Waals surface area contributed by atoms with Gasteiger partial charge in [0, 0.05) is 0 Å². The van der Waals surface area contributed by atoms with Crippen molar-refractivity contribution in [3.63, 3.8) is 0 Å². The van der Waals surface area contributed by atoms with E-state index in [1.807, 2.05) is 0 Å². The number of rotatable bonds is 10. The summed E-state index contributed by atoms with van der Waals surface area (Å²) in [6.45, 7) is 2.67. The highest BCUT2D eigenvalue weighted by molar-refractivity contribution is 5.72. The molecule has 1 aliphatic carbocycles. The fourth-order valence-electron chi connectivity index (χ4n) is 2.88. The first-order valence-corrected chi connectivity index (χ1v) is 8.57. The number of halogens is 2. The van der Waals surface area contributed by atoms with Crippen LogP contribution in [0.4, 0.5) is 8.78 Å². The maximum Gasteiger partial charge on any atom is 0.311 e. The second-order valence-electron chi connectivity index (χ2n) is 6.36. The van der Waals surface area contributed by atoms with Crippen LogP contribution in [-0.4, -0.2) is 31.7 Å². The highest BCUT2D eigenvalue weighted by atomic mass is 19.2. The van der Waals surface area contributed by atoms with E-state index < -0.39 is 12.3 Å². The summed E-state index contributed by atoms with van der Waals surface area (Å²) in [5.41, 5.74) is 0. The van der Waals surface area contributed by atoms with Crippen molar-refractivity contribution in [2.45, 2.75) is 77.6 Å². The minimum absolute atomic E-state index is 0.0627. The van der Waals surface area contributed by atoms with Crippen LogP contribution in [0.3, 0.4) is 0 Å². The quantitative estimate of drug-likeness (QED) is 0.335. The fourth-order valence-corrected chi connectivity index (χ4v) is 2.88. The molecule has 2 unspecified atom stereocenters. The standard InChI is InChI=1S/C17H30F2O3/c1-3-4-5-6-14-7-9-15(10-8-14)17(20)22-12-21-11-16(19)13(2)18/h13-16H,3-12H2,1-2H3. The molecule has 0 N–H and O–H groups in total. The zero-order valence-electron chi connectivity index (χ0n) is 13.9. The molecule has 0 aliphatic heterocycles. The van der Waals surface area contributed by atoms with Gasteiger partial charge in [-0.15, -0.1) is 0 Å². The van der Waals surface area contributed by atoms with Crippen molar-refractivity contribution < 1.29 is 23.0 Å². The van der Waals surface area contributed by atoms with Crippen LogP contribution >= 0.6 is 0 Å². The Morgan fingerprint density at radius 2 is 1.86 bits per heavy atom. The average Bonchev–Trinajstić information content (AvgIpc) is 2.52. The van der Waals surface area contributed by atoms with E-state index in [0.29, 0.717) is 0 Å². The number of esters is 1. The molecule has 1 aliphatic rings. The van der Waals surface area contributed by atoms with Crippen molar-refractivity contribution in [2.24, 2.45) is 11.8 Å². The van der Waals surface area contributed by atoms with Crippen molar-refractivity contribution >= 4 is 5.97 Å². The monoisotopic (exact) mass is 320 g/mol. The molecule has 0 bridgehead atoms. The van der Waals surface area contributed by atoms with E-state index in [0.717, 1.165) is 38.5 Å². The third-order valence-corrected chi connectivity index (χ3v) is 4.46. The summed E-state index contributed by atoms with van der Waals surface area (Å²) in [5, 5.41) is 0. The number of hydrogen-bond acceptors (Lipinski definition) is 3. The molecule has 5 heteroatoms. The Hall–Kier alpha value is -0.710. The van der Waals surface area contributed by atoms with E-state index >= 15 is 0 Å². The Morgan fingerprint density at radius 3 is 2.45 bits per heavy atom. The van der Waals surface area contributed by atoms with Gasteiger partial charge in [0.25, 0.3) is 0 Å². The van der Waals surface area contributed by atoms with E-state index in [1.165, 1.54) is 25.7 Å². The number of alkyl halides is 2. The predicted molar refractivity (Wildman–Crippen MR) is 82.0 cm³/mol. The van der Waals surface area contributed by atoms with E-state index in [2.05, 4.69) is 6.92 Å². The highest BCUT2D eigenvalue weighted by Gasteiger charge is 2.27. The summed E-state index contributed by atoms with van der Waals surface area (Å²) in [6.07, 6.45) is 5.71. The van der Waals surface area contributed by atoms with Crippen LogP contribution in [0.5, 0.6) is 0 Å². The molecule has 0 aromatic heterocycles. The van der Waals surface area contributed by atoms with Crippen LogP contribution in [0, 0.1) is 11.8 Å². The summed E-state index contributed by atoms with van der Waals surface area (Å²) in [5.74, 6) is 0.410. The molecule has 0 amide bonds. The second kappa shape index (κ2) is 10.9. The lowest BCUT2D eigenvalue weighted by atomic mass is 9.80. The van der Waals surface area contributed by atoms with Gasteiger partial charge < -0.3 is 9.47 Å². The molecule has 3 nitrogen and oxygen atoms in total. The molecule has 0 saturated heterocycles. The lowest BCUT2D eigenvalue weighted by Crippen LogP contribution is -2.26. The number of carbonyl (C=O) groups is 1. The predicted octanol–water partition coefficient (Wildman–Crippen LogP) is 4.59. The first kappa shape index (κ1) is 19.3. The Labute approximate surface area is 132 Å². The van der Waals surface area contributed by atoms with Crippen LogP contribution in [0.2, 0.25) is 0 Å². The number of hydrogen-bond donors (Lipinski definition) is 0. The van der Waals surface area contributed by atoms with Gasteiger partial charge in [-0.2, -0.15) is 0 Å². The van der Waals surface area contributed by atoms with Crippen molar-refractivity contribution in [3.05, 3.63) is 0 Å². The van der Waals surface area contributed by atoms with Crippen LogP contribution in [0.1, 0.15) is 65.2 Å². The summed E-state index contributed by atoms with van der Waals surface area (Å²) in [7, 11) is 0. The van der Waals surface area contributed by atoms with Gasteiger partial charge in [0.05, 0.1) is 12.5 Å². The minimum atomic E-state index is -1.67. The van der Waals surface area contributed by atoms with Gasteiger partial charge in [-0.3, -0.25) is 4.79 Å². The van der Waals surface area contributed by atoms with E-state index in [-0.39, 0.29) is 25.3 Å². The first-order chi connectivity index (χ1) is 10.5. The molecule has 130 valence electrons. The third kappa shape index (κ3) is 7.52. The lowest BCUT2D eigenvalue weighted by Gasteiger charge is -2.27. The summed E-state index contributed by atoms with van der Waals surface area (Å²) in [4.78, 5) is 11.9. The molecule has 22 heavy (non-hydrogen) atoms. The van der Waals surface area contributed by atoms with E-state index in [9.17, 15) is 13.6 Å². The van der Waals surface area contributed by atoms with Crippen molar-refractivity contribution in [3.8, 4) is 0 Å². The second-order valence-corrected chi connectivity index (χ2v) is 6.36. The van der Waals surface area contributed by atoms with Crippen molar-refractivity contribution in [2.75, 3.05) is 13.4 Å². The Kier molecular flexibility index (Phi) is 9.60. The van der Waals surface area contributed by atoms with Gasteiger partial charge in [-0.25, -0.2) is 8.78 Å². The Balaban J connectivity index is 2.10. The molecule has 0 radical (unpaired) electrons. The minimum Gasteiger partial charge on any atom is -0.438 e. The molecule has 0 aromatic rings. The highest BCUT2D eigenvalue weighted by Crippen LogP contribution is 2.32. The van der Waals surface area contributed by atoms with E-state index in [4.69, 9.17) is 9.47 Å². The van der Waals surface area contributed by atoms with Gasteiger partial charge in [0.1, 0.15) is 6.17 Å². The molecule has 2 atom stereocenters. The zero-order valence-corrected chi connectivity index (χ0v) is 13.9. The number of ether oxygens (including phenoxy) is 2. The first-order valence-electron chi connectivity index (χ1n) is 8.57. The molecule has 0 heterocycles. The van der Waals surface area contributed by atoms with Gasteiger partial charge in [0.2, 0.25) is 0 Å². The lowest BCUT2D eigenvalue weighted by molar-refractivity contribution is -0.164. The van der Waals surface area contributed by atoms with Gasteiger partial charge in [0.15, 0.2) is 13.0 Å². The average molecular weight is 320 g/mol. The van der Waals surface area contributed by atoms with Crippen LogP contribution in [0.15, 0.2) is 0 Å². The molecular weight excluding hydrogens is 290 g/mol.